The Bertz CT molecular complexity index is 1110. The number of allylic oxidation sites excluding steroid dienone is 1. The van der Waals surface area contributed by atoms with Crippen LogP contribution in [-0.4, -0.2) is 29.1 Å². The summed E-state index contributed by atoms with van der Waals surface area (Å²) in [5, 5.41) is 2.96. The molecule has 0 unspecified atom stereocenters. The maximum Gasteiger partial charge on any atom is 0.248 e. The van der Waals surface area contributed by atoms with Gasteiger partial charge in [0.25, 0.3) is 0 Å². The zero-order chi connectivity index (χ0) is 23.3. The smallest absolute Gasteiger partial charge is 0.248 e. The van der Waals surface area contributed by atoms with Gasteiger partial charge in [0.05, 0.1) is 0 Å². The van der Waals surface area contributed by atoms with Crippen molar-refractivity contribution in [3.63, 3.8) is 0 Å². The number of imidazole rings is 1. The van der Waals surface area contributed by atoms with Crippen LogP contribution in [0.5, 0.6) is 11.5 Å². The van der Waals surface area contributed by atoms with Gasteiger partial charge in [-0.15, -0.1) is 0 Å². The van der Waals surface area contributed by atoms with Gasteiger partial charge in [-0.05, 0) is 47.1 Å². The van der Waals surface area contributed by atoms with Gasteiger partial charge in [-0.2, -0.15) is 0 Å². The summed E-state index contributed by atoms with van der Waals surface area (Å²) in [4.78, 5) is 20.3. The molecule has 0 aliphatic carbocycles. The fourth-order valence-corrected chi connectivity index (χ4v) is 3.82. The summed E-state index contributed by atoms with van der Waals surface area (Å²) in [5.41, 5.74) is 4.08. The molecule has 0 saturated heterocycles. The Morgan fingerprint density at radius 2 is 1.85 bits per heavy atom. The molecule has 1 aromatic heterocycles. The zero-order valence-electron chi connectivity index (χ0n) is 19.5. The predicted molar refractivity (Wildman–Crippen MR) is 131 cm³/mol. The number of hydrogen-bond acceptors (Lipinski definition) is 4. The highest BCUT2D eigenvalue weighted by atomic mass is 16.6. The third-order valence-corrected chi connectivity index (χ3v) is 5.65. The molecule has 4 rings (SSSR count). The molecule has 2 N–H and O–H groups in total. The lowest BCUT2D eigenvalue weighted by molar-refractivity contribution is -0.111. The van der Waals surface area contributed by atoms with E-state index in [-0.39, 0.29) is 11.3 Å². The Labute approximate surface area is 195 Å². The summed E-state index contributed by atoms with van der Waals surface area (Å²) in [6.45, 7) is 7.64. The lowest BCUT2D eigenvalue weighted by atomic mass is 9.86. The number of benzene rings is 2. The first-order valence-corrected chi connectivity index (χ1v) is 11.4. The largest absolute Gasteiger partial charge is 0.486 e. The number of H-pyrrole nitrogens is 1. The number of hydrogen-bond donors (Lipinski definition) is 2. The molecule has 1 aliphatic heterocycles. The van der Waals surface area contributed by atoms with E-state index in [1.807, 2.05) is 18.3 Å². The average Bonchev–Trinajstić information content (AvgIpc) is 3.31. The van der Waals surface area contributed by atoms with Crippen LogP contribution in [0.15, 0.2) is 60.9 Å². The molecular weight excluding hydrogens is 414 g/mol. The van der Waals surface area contributed by atoms with Crippen molar-refractivity contribution in [2.45, 2.75) is 45.4 Å². The molecule has 2 aromatic carbocycles. The number of fused-ring (bicyclic) bond motifs is 1. The minimum Gasteiger partial charge on any atom is -0.486 e. The summed E-state index contributed by atoms with van der Waals surface area (Å²) in [6, 6.07) is 14.0. The third kappa shape index (κ3) is 6.04. The second-order valence-corrected chi connectivity index (χ2v) is 9.23. The second-order valence-electron chi connectivity index (χ2n) is 9.23. The zero-order valence-corrected chi connectivity index (χ0v) is 19.5. The Balaban J connectivity index is 1.51. The lowest BCUT2D eigenvalue weighted by Crippen LogP contribution is -2.16. The monoisotopic (exact) mass is 445 g/mol. The van der Waals surface area contributed by atoms with Crippen molar-refractivity contribution in [3.8, 4) is 11.5 Å². The summed E-state index contributed by atoms with van der Waals surface area (Å²) in [5.74, 6) is 2.14. The Hall–Kier alpha value is -3.54. The molecule has 0 bridgehead atoms. The molecule has 6 heteroatoms. The summed E-state index contributed by atoms with van der Waals surface area (Å²) >= 11 is 0. The average molecular weight is 446 g/mol. The molecule has 1 amide bonds. The van der Waals surface area contributed by atoms with Gasteiger partial charge in [0, 0.05) is 36.6 Å². The van der Waals surface area contributed by atoms with E-state index in [9.17, 15) is 4.79 Å². The van der Waals surface area contributed by atoms with Crippen LogP contribution in [0.3, 0.4) is 0 Å². The SMILES string of the molecule is CC(C)(C)c1ccc(/C(=C\C(=O)Nc2ccc3c(c2)OCCO3)CCCc2ncc[nH]2)cc1. The van der Waals surface area contributed by atoms with Crippen molar-refractivity contribution >= 4 is 17.2 Å². The Morgan fingerprint density at radius 1 is 1.09 bits per heavy atom. The normalized spacial score (nSPS) is 13.6. The number of rotatable bonds is 7. The van der Waals surface area contributed by atoms with Gasteiger partial charge >= 0.3 is 0 Å². The Morgan fingerprint density at radius 3 is 2.55 bits per heavy atom. The van der Waals surface area contributed by atoms with Gasteiger partial charge in [-0.1, -0.05) is 45.0 Å². The highest BCUT2D eigenvalue weighted by Gasteiger charge is 2.15. The van der Waals surface area contributed by atoms with Crippen LogP contribution in [0, 0.1) is 0 Å². The van der Waals surface area contributed by atoms with Crippen molar-refractivity contribution < 1.29 is 14.3 Å². The molecular formula is C27H31N3O3. The van der Waals surface area contributed by atoms with E-state index in [2.05, 4.69) is 60.3 Å². The van der Waals surface area contributed by atoms with Gasteiger partial charge < -0.3 is 19.8 Å². The van der Waals surface area contributed by atoms with Crippen molar-refractivity contribution in [2.75, 3.05) is 18.5 Å². The number of aromatic nitrogens is 2. The van der Waals surface area contributed by atoms with E-state index < -0.39 is 0 Å². The molecule has 0 fully saturated rings. The van der Waals surface area contributed by atoms with Crippen LogP contribution in [0.1, 0.15) is 50.6 Å². The van der Waals surface area contributed by atoms with E-state index in [4.69, 9.17) is 9.47 Å². The van der Waals surface area contributed by atoms with Crippen molar-refractivity contribution in [1.29, 1.82) is 0 Å². The quantitative estimate of drug-likeness (QED) is 0.469. The molecule has 33 heavy (non-hydrogen) atoms. The van der Waals surface area contributed by atoms with Gasteiger partial charge in [0.15, 0.2) is 11.5 Å². The van der Waals surface area contributed by atoms with E-state index in [1.165, 1.54) is 5.56 Å². The second kappa shape index (κ2) is 9.94. The van der Waals surface area contributed by atoms with Crippen LogP contribution in [0.25, 0.3) is 5.57 Å². The molecule has 0 atom stereocenters. The van der Waals surface area contributed by atoms with Gasteiger partial charge in [0.2, 0.25) is 5.91 Å². The van der Waals surface area contributed by atoms with Crippen molar-refractivity contribution in [1.82, 2.24) is 9.97 Å². The number of carbonyl (C=O) groups excluding carboxylic acids is 1. The van der Waals surface area contributed by atoms with Crippen LogP contribution >= 0.6 is 0 Å². The maximum absolute atomic E-state index is 12.9. The number of carbonyl (C=O) groups is 1. The predicted octanol–water partition coefficient (Wildman–Crippen LogP) is 5.52. The summed E-state index contributed by atoms with van der Waals surface area (Å²) in [6.07, 6.45) is 7.78. The minimum absolute atomic E-state index is 0.0807. The fraction of sp³-hybridized carbons (Fsp3) is 0.333. The molecule has 0 saturated carbocycles. The molecule has 0 spiro atoms. The number of nitrogens with one attached hydrogen (secondary N) is 2. The number of ether oxygens (including phenoxy) is 2. The van der Waals surface area contributed by atoms with E-state index in [0.29, 0.717) is 30.4 Å². The van der Waals surface area contributed by atoms with Gasteiger partial charge in [0.1, 0.15) is 19.0 Å². The van der Waals surface area contributed by atoms with Gasteiger partial charge in [-0.3, -0.25) is 4.79 Å². The van der Waals surface area contributed by atoms with Crippen LogP contribution < -0.4 is 14.8 Å². The molecule has 1 aliphatic rings. The number of aryl methyl sites for hydroxylation is 1. The van der Waals surface area contributed by atoms with Crippen LogP contribution in [-0.2, 0) is 16.6 Å². The fourth-order valence-electron chi connectivity index (χ4n) is 3.82. The van der Waals surface area contributed by atoms with E-state index >= 15 is 0 Å². The van der Waals surface area contributed by atoms with Crippen molar-refractivity contribution in [3.05, 3.63) is 77.9 Å². The molecule has 6 nitrogen and oxygen atoms in total. The van der Waals surface area contributed by atoms with Crippen LogP contribution in [0.2, 0.25) is 0 Å². The lowest BCUT2D eigenvalue weighted by Gasteiger charge is -2.20. The number of anilines is 1. The molecule has 0 radical (unpaired) electrons. The maximum atomic E-state index is 12.9. The number of nitrogens with zero attached hydrogens (tertiary/aromatic N) is 1. The summed E-state index contributed by atoms with van der Waals surface area (Å²) < 4.78 is 11.2. The molecule has 3 aromatic rings. The Kier molecular flexibility index (Phi) is 6.82. The molecule has 2 heterocycles. The summed E-state index contributed by atoms with van der Waals surface area (Å²) in [7, 11) is 0. The molecule has 172 valence electrons. The standard InChI is InChI=1S/C27H31N3O3/c1-27(2,3)21-9-7-19(8-10-21)20(5-4-6-25-28-13-14-29-25)17-26(31)30-22-11-12-23-24(18-22)33-16-15-32-23/h7-14,17-18H,4-6,15-16H2,1-3H3,(H,28,29)(H,30,31)/b20-17-. The van der Waals surface area contributed by atoms with Crippen LogP contribution in [0.4, 0.5) is 5.69 Å². The van der Waals surface area contributed by atoms with Crippen molar-refractivity contribution in [2.24, 2.45) is 0 Å². The first kappa shape index (κ1) is 22.6. The first-order valence-electron chi connectivity index (χ1n) is 11.4. The van der Waals surface area contributed by atoms with Gasteiger partial charge in [-0.25, -0.2) is 4.98 Å². The highest BCUT2D eigenvalue weighted by Crippen LogP contribution is 2.33. The number of amides is 1. The number of aromatic amines is 1. The third-order valence-electron chi connectivity index (χ3n) is 5.65. The highest BCUT2D eigenvalue weighted by molar-refractivity contribution is 6.04. The minimum atomic E-state index is -0.167. The topological polar surface area (TPSA) is 76.2 Å². The van der Waals surface area contributed by atoms with E-state index in [1.54, 1.807) is 18.3 Å². The van der Waals surface area contributed by atoms with E-state index in [0.717, 1.165) is 36.2 Å². The first-order chi connectivity index (χ1) is 15.9.